The molecule has 1 atom stereocenters. The zero-order valence-corrected chi connectivity index (χ0v) is 13.9. The molecule has 2 aromatic rings. The van der Waals surface area contributed by atoms with Gasteiger partial charge in [-0.05, 0) is 51.3 Å². The highest BCUT2D eigenvalue weighted by molar-refractivity contribution is 9.10. The van der Waals surface area contributed by atoms with Crippen molar-refractivity contribution in [2.24, 2.45) is 0 Å². The first-order valence-corrected chi connectivity index (χ1v) is 7.80. The van der Waals surface area contributed by atoms with Crippen LogP contribution in [0.15, 0.2) is 34.8 Å². The van der Waals surface area contributed by atoms with Crippen molar-refractivity contribution < 1.29 is 14.6 Å². The second kappa shape index (κ2) is 6.05. The van der Waals surface area contributed by atoms with E-state index in [2.05, 4.69) is 15.9 Å². The quantitative estimate of drug-likeness (QED) is 0.822. The van der Waals surface area contributed by atoms with E-state index in [-0.39, 0.29) is 6.79 Å². The average Bonchev–Trinajstić information content (AvgIpc) is 2.90. The van der Waals surface area contributed by atoms with Crippen LogP contribution in [0.5, 0.6) is 11.5 Å². The molecule has 0 fully saturated rings. The predicted octanol–water partition coefficient (Wildman–Crippen LogP) is 4.76. The topological polar surface area (TPSA) is 38.7 Å². The summed E-state index contributed by atoms with van der Waals surface area (Å²) in [6.07, 6.45) is -0.309. The second-order valence-electron chi connectivity index (χ2n) is 4.69. The monoisotopic (exact) mass is 388 g/mol. The average molecular weight is 390 g/mol. The Balaban J connectivity index is 1.85. The van der Waals surface area contributed by atoms with Crippen LogP contribution in [-0.4, -0.2) is 11.9 Å². The van der Waals surface area contributed by atoms with Crippen LogP contribution in [0.1, 0.15) is 17.2 Å². The van der Waals surface area contributed by atoms with Crippen LogP contribution < -0.4 is 9.47 Å². The van der Waals surface area contributed by atoms with Gasteiger partial charge in [0.2, 0.25) is 6.79 Å². The Morgan fingerprint density at radius 2 is 2.00 bits per heavy atom. The number of hydrogen-bond acceptors (Lipinski definition) is 3. The molecule has 0 amide bonds. The van der Waals surface area contributed by atoms with E-state index >= 15 is 0 Å². The third-order valence-electron chi connectivity index (χ3n) is 3.26. The summed E-state index contributed by atoms with van der Waals surface area (Å²) in [6.45, 7) is 0.191. The second-order valence-corrected chi connectivity index (χ2v) is 6.39. The fourth-order valence-electron chi connectivity index (χ4n) is 2.19. The van der Waals surface area contributed by atoms with Gasteiger partial charge in [0, 0.05) is 16.5 Å². The maximum Gasteiger partial charge on any atom is 0.231 e. The lowest BCUT2D eigenvalue weighted by Gasteiger charge is -2.14. The van der Waals surface area contributed by atoms with Crippen LogP contribution in [-0.2, 0) is 6.42 Å². The van der Waals surface area contributed by atoms with Gasteiger partial charge in [0.15, 0.2) is 11.5 Å². The van der Waals surface area contributed by atoms with Crippen LogP contribution in [0.4, 0.5) is 0 Å². The number of ether oxygens (including phenoxy) is 2. The largest absolute Gasteiger partial charge is 0.454 e. The molecular formula is C15H11BrCl2O3. The van der Waals surface area contributed by atoms with Gasteiger partial charge in [-0.1, -0.05) is 29.3 Å². The molecule has 110 valence electrons. The van der Waals surface area contributed by atoms with E-state index < -0.39 is 6.10 Å². The SMILES string of the molecule is OC(Cc1ccc(Cl)cc1Cl)c1cc(Br)c2c(c1)OCO2. The zero-order chi connectivity index (χ0) is 15.0. The molecule has 1 aliphatic rings. The van der Waals surface area contributed by atoms with Gasteiger partial charge in [-0.15, -0.1) is 0 Å². The summed E-state index contributed by atoms with van der Waals surface area (Å²) in [4.78, 5) is 0. The summed E-state index contributed by atoms with van der Waals surface area (Å²) in [5.74, 6) is 1.29. The number of hydrogen-bond donors (Lipinski definition) is 1. The summed E-state index contributed by atoms with van der Waals surface area (Å²) >= 11 is 15.4. The van der Waals surface area contributed by atoms with Gasteiger partial charge in [-0.3, -0.25) is 0 Å². The van der Waals surface area contributed by atoms with Crippen molar-refractivity contribution in [2.75, 3.05) is 6.79 Å². The molecule has 0 spiro atoms. The minimum atomic E-state index is -0.700. The Hall–Kier alpha value is -0.940. The summed E-state index contributed by atoms with van der Waals surface area (Å²) < 4.78 is 11.4. The molecule has 0 aromatic heterocycles. The van der Waals surface area contributed by atoms with E-state index in [1.54, 1.807) is 18.2 Å². The van der Waals surface area contributed by atoms with Crippen molar-refractivity contribution in [1.29, 1.82) is 0 Å². The molecule has 21 heavy (non-hydrogen) atoms. The van der Waals surface area contributed by atoms with Gasteiger partial charge >= 0.3 is 0 Å². The van der Waals surface area contributed by atoms with E-state index in [1.165, 1.54) is 0 Å². The van der Waals surface area contributed by atoms with Gasteiger partial charge in [-0.25, -0.2) is 0 Å². The number of aliphatic hydroxyl groups excluding tert-OH is 1. The van der Waals surface area contributed by atoms with E-state index in [4.69, 9.17) is 32.7 Å². The van der Waals surface area contributed by atoms with Crippen molar-refractivity contribution in [1.82, 2.24) is 0 Å². The molecule has 0 saturated carbocycles. The Kier molecular flexibility index (Phi) is 4.31. The third-order valence-corrected chi connectivity index (χ3v) is 4.44. The highest BCUT2D eigenvalue weighted by atomic mass is 79.9. The van der Waals surface area contributed by atoms with Crippen LogP contribution in [0.3, 0.4) is 0 Å². The molecule has 1 N–H and O–H groups in total. The van der Waals surface area contributed by atoms with Crippen molar-refractivity contribution in [3.63, 3.8) is 0 Å². The summed E-state index contributed by atoms with van der Waals surface area (Å²) in [5.41, 5.74) is 1.57. The number of benzene rings is 2. The zero-order valence-electron chi connectivity index (χ0n) is 10.8. The molecule has 3 rings (SSSR count). The lowest BCUT2D eigenvalue weighted by Crippen LogP contribution is -2.02. The summed E-state index contributed by atoms with van der Waals surface area (Å²) in [7, 11) is 0. The molecular weight excluding hydrogens is 379 g/mol. The van der Waals surface area contributed by atoms with Crippen LogP contribution in [0.25, 0.3) is 0 Å². The van der Waals surface area contributed by atoms with Crippen molar-refractivity contribution in [3.8, 4) is 11.5 Å². The van der Waals surface area contributed by atoms with Gasteiger partial charge in [0.25, 0.3) is 0 Å². The Morgan fingerprint density at radius 1 is 1.19 bits per heavy atom. The molecule has 0 radical (unpaired) electrons. The van der Waals surface area contributed by atoms with Gasteiger partial charge in [-0.2, -0.15) is 0 Å². The fraction of sp³-hybridized carbons (Fsp3) is 0.200. The van der Waals surface area contributed by atoms with Crippen molar-refractivity contribution in [3.05, 3.63) is 56.0 Å². The van der Waals surface area contributed by atoms with Crippen molar-refractivity contribution in [2.45, 2.75) is 12.5 Å². The molecule has 1 aliphatic heterocycles. The van der Waals surface area contributed by atoms with Crippen LogP contribution in [0, 0.1) is 0 Å². The fourth-order valence-corrected chi connectivity index (χ4v) is 3.25. The van der Waals surface area contributed by atoms with E-state index in [1.807, 2.05) is 12.1 Å². The number of halogens is 3. The van der Waals surface area contributed by atoms with Gasteiger partial charge in [0.05, 0.1) is 10.6 Å². The maximum absolute atomic E-state index is 10.4. The van der Waals surface area contributed by atoms with Gasteiger partial charge in [0.1, 0.15) is 0 Å². The smallest absolute Gasteiger partial charge is 0.231 e. The first-order valence-electron chi connectivity index (χ1n) is 6.25. The molecule has 2 aromatic carbocycles. The van der Waals surface area contributed by atoms with Gasteiger partial charge < -0.3 is 14.6 Å². The van der Waals surface area contributed by atoms with E-state index in [0.717, 1.165) is 15.6 Å². The van der Waals surface area contributed by atoms with E-state index in [0.29, 0.717) is 28.0 Å². The molecule has 3 nitrogen and oxygen atoms in total. The Morgan fingerprint density at radius 3 is 2.76 bits per heavy atom. The molecule has 0 saturated heterocycles. The van der Waals surface area contributed by atoms with Crippen LogP contribution in [0.2, 0.25) is 10.0 Å². The third kappa shape index (κ3) is 3.14. The summed E-state index contributed by atoms with van der Waals surface area (Å²) in [6, 6.07) is 8.84. The first-order chi connectivity index (χ1) is 10.0. The predicted molar refractivity (Wildman–Crippen MR) is 85.4 cm³/mol. The minimum absolute atomic E-state index is 0.191. The van der Waals surface area contributed by atoms with Crippen molar-refractivity contribution >= 4 is 39.1 Å². The lowest BCUT2D eigenvalue weighted by molar-refractivity contribution is 0.171. The number of rotatable bonds is 3. The molecule has 6 heteroatoms. The lowest BCUT2D eigenvalue weighted by atomic mass is 10.0. The first kappa shape index (κ1) is 15.0. The number of fused-ring (bicyclic) bond motifs is 1. The van der Waals surface area contributed by atoms with E-state index in [9.17, 15) is 5.11 Å². The standard InChI is InChI=1S/C15H11BrCl2O3/c16-11-3-9(5-14-15(11)21-7-20-14)13(19)4-8-1-2-10(17)6-12(8)18/h1-3,5-6,13,19H,4,7H2. The highest BCUT2D eigenvalue weighted by Crippen LogP contribution is 2.41. The molecule has 1 unspecified atom stereocenters. The Bertz CT molecular complexity index is 691. The highest BCUT2D eigenvalue weighted by Gasteiger charge is 2.21. The number of aliphatic hydroxyl groups is 1. The molecule has 0 aliphatic carbocycles. The van der Waals surface area contributed by atoms with Crippen LogP contribution >= 0.6 is 39.1 Å². The molecule has 1 heterocycles. The minimum Gasteiger partial charge on any atom is -0.454 e. The maximum atomic E-state index is 10.4. The normalized spacial score (nSPS) is 14.3. The molecule has 0 bridgehead atoms. The Labute approximate surface area is 140 Å². The summed E-state index contributed by atoms with van der Waals surface area (Å²) in [5, 5.41) is 11.5.